The Morgan fingerprint density at radius 2 is 2.23 bits per heavy atom. The fourth-order valence-electron chi connectivity index (χ4n) is 2.28. The number of amides is 1. The highest BCUT2D eigenvalue weighted by Crippen LogP contribution is 2.41. The molecule has 2 aromatic rings. The largest absolute Gasteiger partial charge is 0.497 e. The van der Waals surface area contributed by atoms with Gasteiger partial charge in [-0.05, 0) is 36.5 Å². The van der Waals surface area contributed by atoms with Gasteiger partial charge in [-0.15, -0.1) is 10.2 Å². The van der Waals surface area contributed by atoms with E-state index in [-0.39, 0.29) is 11.9 Å². The number of rotatable bonds is 7. The van der Waals surface area contributed by atoms with Crippen LogP contribution < -0.4 is 10.1 Å². The van der Waals surface area contributed by atoms with Crippen LogP contribution in [0.15, 0.2) is 34.1 Å². The molecule has 0 radical (unpaired) electrons. The maximum Gasteiger partial charge on any atom is 0.230 e. The molecule has 0 aliphatic heterocycles. The fourth-order valence-corrected chi connectivity index (χ4v) is 3.58. The Kier molecular flexibility index (Phi) is 4.94. The molecule has 1 N–H and O–H groups in total. The molecule has 1 aromatic heterocycles. The molecule has 116 valence electrons. The molecule has 0 saturated heterocycles. The molecule has 1 unspecified atom stereocenters. The van der Waals surface area contributed by atoms with E-state index in [0.717, 1.165) is 15.7 Å². The van der Waals surface area contributed by atoms with Crippen molar-refractivity contribution in [3.05, 3.63) is 35.3 Å². The first kappa shape index (κ1) is 15.3. The number of carbonyl (C=O) groups excluding carboxylic acids is 1. The smallest absolute Gasteiger partial charge is 0.230 e. The number of carbonyl (C=O) groups is 1. The Morgan fingerprint density at radius 3 is 2.82 bits per heavy atom. The quantitative estimate of drug-likeness (QED) is 0.788. The summed E-state index contributed by atoms with van der Waals surface area (Å²) < 4.78 is 6.01. The molecule has 0 spiro atoms. The molecule has 5 nitrogen and oxygen atoms in total. The SMILES string of the molecule is COc1ccc(C(NC(=O)CSc2nncs2)C2CC2)cc1. The minimum Gasteiger partial charge on any atom is -0.497 e. The van der Waals surface area contributed by atoms with Gasteiger partial charge in [0.05, 0.1) is 18.9 Å². The van der Waals surface area contributed by atoms with Gasteiger partial charge < -0.3 is 10.1 Å². The van der Waals surface area contributed by atoms with E-state index in [4.69, 9.17) is 4.74 Å². The average Bonchev–Trinajstić information content (AvgIpc) is 3.26. The molecule has 3 rings (SSSR count). The molecule has 1 aromatic carbocycles. The summed E-state index contributed by atoms with van der Waals surface area (Å²) in [6, 6.07) is 8.02. The number of nitrogens with zero attached hydrogens (tertiary/aromatic N) is 2. The Balaban J connectivity index is 1.60. The van der Waals surface area contributed by atoms with Crippen molar-refractivity contribution in [1.29, 1.82) is 0 Å². The summed E-state index contributed by atoms with van der Waals surface area (Å²) >= 11 is 2.87. The van der Waals surface area contributed by atoms with Crippen LogP contribution in [0.25, 0.3) is 0 Å². The van der Waals surface area contributed by atoms with Crippen LogP contribution in [0.4, 0.5) is 0 Å². The van der Waals surface area contributed by atoms with Gasteiger partial charge in [-0.25, -0.2) is 0 Å². The van der Waals surface area contributed by atoms with Crippen molar-refractivity contribution < 1.29 is 9.53 Å². The number of benzene rings is 1. The van der Waals surface area contributed by atoms with Crippen LogP contribution in [0.2, 0.25) is 0 Å². The summed E-state index contributed by atoms with van der Waals surface area (Å²) in [5.41, 5.74) is 2.81. The lowest BCUT2D eigenvalue weighted by Gasteiger charge is -2.19. The van der Waals surface area contributed by atoms with Crippen LogP contribution in [-0.2, 0) is 4.79 Å². The molecule has 1 fully saturated rings. The first-order valence-electron chi connectivity index (χ1n) is 7.08. The van der Waals surface area contributed by atoms with Crippen molar-refractivity contribution in [3.8, 4) is 5.75 Å². The lowest BCUT2D eigenvalue weighted by molar-refractivity contribution is -0.119. The van der Waals surface area contributed by atoms with Gasteiger partial charge in [0, 0.05) is 0 Å². The summed E-state index contributed by atoms with van der Waals surface area (Å²) in [5, 5.41) is 10.8. The Morgan fingerprint density at radius 1 is 1.45 bits per heavy atom. The van der Waals surface area contributed by atoms with E-state index in [1.807, 2.05) is 24.3 Å². The van der Waals surface area contributed by atoms with Gasteiger partial charge >= 0.3 is 0 Å². The van der Waals surface area contributed by atoms with Crippen LogP contribution in [0.3, 0.4) is 0 Å². The number of hydrogen-bond acceptors (Lipinski definition) is 6. The molecule has 7 heteroatoms. The highest BCUT2D eigenvalue weighted by Gasteiger charge is 2.33. The van der Waals surface area contributed by atoms with Gasteiger partial charge in [0.2, 0.25) is 5.91 Å². The molecule has 1 saturated carbocycles. The summed E-state index contributed by atoms with van der Waals surface area (Å²) in [5.74, 6) is 1.78. The molecule has 1 aliphatic rings. The zero-order valence-electron chi connectivity index (χ0n) is 12.2. The third kappa shape index (κ3) is 3.98. The maximum atomic E-state index is 12.2. The van der Waals surface area contributed by atoms with Crippen molar-refractivity contribution in [2.45, 2.75) is 23.2 Å². The zero-order chi connectivity index (χ0) is 15.4. The van der Waals surface area contributed by atoms with Crippen molar-refractivity contribution in [2.75, 3.05) is 12.9 Å². The van der Waals surface area contributed by atoms with Crippen molar-refractivity contribution in [1.82, 2.24) is 15.5 Å². The molecule has 1 heterocycles. The van der Waals surface area contributed by atoms with Crippen LogP contribution >= 0.6 is 23.1 Å². The number of thioether (sulfide) groups is 1. The summed E-state index contributed by atoms with van der Waals surface area (Å²) in [4.78, 5) is 12.2. The minimum absolute atomic E-state index is 0.0351. The average molecular weight is 335 g/mol. The molecule has 22 heavy (non-hydrogen) atoms. The van der Waals surface area contributed by atoms with E-state index >= 15 is 0 Å². The third-order valence-corrected chi connectivity index (χ3v) is 5.41. The van der Waals surface area contributed by atoms with Crippen LogP contribution in [0.1, 0.15) is 24.4 Å². The van der Waals surface area contributed by atoms with Crippen molar-refractivity contribution in [2.24, 2.45) is 5.92 Å². The van der Waals surface area contributed by atoms with Gasteiger partial charge in [0.25, 0.3) is 0 Å². The lowest BCUT2D eigenvalue weighted by atomic mass is 10.0. The molecular weight excluding hydrogens is 318 g/mol. The first-order valence-corrected chi connectivity index (χ1v) is 8.95. The van der Waals surface area contributed by atoms with Crippen LogP contribution in [0, 0.1) is 5.92 Å². The summed E-state index contributed by atoms with van der Waals surface area (Å²) in [7, 11) is 1.65. The number of aromatic nitrogens is 2. The highest BCUT2D eigenvalue weighted by atomic mass is 32.2. The van der Waals surface area contributed by atoms with Crippen LogP contribution in [0.5, 0.6) is 5.75 Å². The predicted octanol–water partition coefficient (Wildman–Crippen LogP) is 2.91. The normalized spacial score (nSPS) is 15.3. The van der Waals surface area contributed by atoms with Gasteiger partial charge in [-0.2, -0.15) is 0 Å². The first-order chi connectivity index (χ1) is 10.8. The summed E-state index contributed by atoms with van der Waals surface area (Å²) in [6.45, 7) is 0. The molecule has 0 bridgehead atoms. The second kappa shape index (κ2) is 7.11. The minimum atomic E-state index is 0.0351. The lowest BCUT2D eigenvalue weighted by Crippen LogP contribution is -2.31. The summed E-state index contributed by atoms with van der Waals surface area (Å²) in [6.07, 6.45) is 2.33. The Hall–Kier alpha value is -1.60. The fraction of sp³-hybridized carbons (Fsp3) is 0.400. The number of methoxy groups -OCH3 is 1. The second-order valence-electron chi connectivity index (χ2n) is 5.15. The molecular formula is C15H17N3O2S2. The van der Waals surface area contributed by atoms with E-state index in [1.165, 1.54) is 35.9 Å². The number of nitrogens with one attached hydrogen (secondary N) is 1. The Labute approximate surface area is 137 Å². The van der Waals surface area contributed by atoms with Crippen LogP contribution in [-0.4, -0.2) is 29.0 Å². The number of ether oxygens (including phenoxy) is 1. The predicted molar refractivity (Wildman–Crippen MR) is 87.2 cm³/mol. The monoisotopic (exact) mass is 335 g/mol. The maximum absolute atomic E-state index is 12.2. The second-order valence-corrected chi connectivity index (χ2v) is 7.20. The van der Waals surface area contributed by atoms with E-state index < -0.39 is 0 Å². The van der Waals surface area contributed by atoms with Gasteiger partial charge in [-0.1, -0.05) is 35.2 Å². The molecule has 1 amide bonds. The topological polar surface area (TPSA) is 64.1 Å². The van der Waals surface area contributed by atoms with Crippen molar-refractivity contribution in [3.63, 3.8) is 0 Å². The van der Waals surface area contributed by atoms with E-state index in [1.54, 1.807) is 12.6 Å². The molecule has 1 atom stereocenters. The standard InChI is InChI=1S/C15H17N3O2S2/c1-20-12-6-4-11(5-7-12)14(10-2-3-10)17-13(19)8-21-15-18-16-9-22-15/h4-7,9-10,14H,2-3,8H2,1H3,(H,17,19). The van der Waals surface area contributed by atoms with Gasteiger partial charge in [0.15, 0.2) is 4.34 Å². The third-order valence-electron chi connectivity index (χ3n) is 3.55. The highest BCUT2D eigenvalue weighted by molar-refractivity contribution is 8.01. The van der Waals surface area contributed by atoms with Crippen molar-refractivity contribution >= 4 is 29.0 Å². The number of hydrogen-bond donors (Lipinski definition) is 1. The molecule has 1 aliphatic carbocycles. The Bertz CT molecular complexity index is 612. The van der Waals surface area contributed by atoms with E-state index in [0.29, 0.717) is 11.7 Å². The zero-order valence-corrected chi connectivity index (χ0v) is 13.8. The van der Waals surface area contributed by atoms with Gasteiger partial charge in [0.1, 0.15) is 11.3 Å². The van der Waals surface area contributed by atoms with E-state index in [2.05, 4.69) is 15.5 Å². The van der Waals surface area contributed by atoms with Gasteiger partial charge in [-0.3, -0.25) is 4.79 Å². The van der Waals surface area contributed by atoms with E-state index in [9.17, 15) is 4.79 Å².